The Morgan fingerprint density at radius 3 is 2.79 bits per heavy atom. The smallest absolute Gasteiger partial charge is 0.283 e. The van der Waals surface area contributed by atoms with Crippen molar-refractivity contribution in [2.45, 2.75) is 26.2 Å². The Morgan fingerprint density at radius 2 is 2.03 bits per heavy atom. The van der Waals surface area contributed by atoms with Crippen molar-refractivity contribution in [3.63, 3.8) is 0 Å². The van der Waals surface area contributed by atoms with Gasteiger partial charge < -0.3 is 14.3 Å². The molecular formula is C22H25N3O4. The minimum absolute atomic E-state index is 0.127. The van der Waals surface area contributed by atoms with Crippen LogP contribution in [0.4, 0.5) is 0 Å². The fourth-order valence-electron chi connectivity index (χ4n) is 2.87. The van der Waals surface area contributed by atoms with Crippen molar-refractivity contribution in [1.82, 2.24) is 5.01 Å². The van der Waals surface area contributed by atoms with Gasteiger partial charge in [-0.2, -0.15) is 5.10 Å². The number of oxime groups is 1. The predicted molar refractivity (Wildman–Crippen MR) is 112 cm³/mol. The van der Waals surface area contributed by atoms with Crippen molar-refractivity contribution < 1.29 is 19.1 Å². The van der Waals surface area contributed by atoms with Gasteiger partial charge in [0.1, 0.15) is 5.75 Å². The first-order valence-corrected chi connectivity index (χ1v) is 9.64. The highest BCUT2D eigenvalue weighted by Crippen LogP contribution is 2.33. The second-order valence-corrected chi connectivity index (χ2v) is 6.42. The Bertz CT molecular complexity index is 881. The maximum Gasteiger partial charge on any atom is 0.283 e. The summed E-state index contributed by atoms with van der Waals surface area (Å²) in [4.78, 5) is 17.3. The molecule has 2 aromatic rings. The van der Waals surface area contributed by atoms with Crippen molar-refractivity contribution in [1.29, 1.82) is 0 Å². The minimum Gasteiger partial charge on any atom is -0.493 e. The zero-order valence-electron chi connectivity index (χ0n) is 16.7. The molecule has 0 N–H and O–H groups in total. The second kappa shape index (κ2) is 10.3. The summed E-state index contributed by atoms with van der Waals surface area (Å²) < 4.78 is 11.4. The number of carbonyl (C=O) groups is 1. The van der Waals surface area contributed by atoms with E-state index in [-0.39, 0.29) is 12.5 Å². The molecule has 29 heavy (non-hydrogen) atoms. The van der Waals surface area contributed by atoms with Gasteiger partial charge in [-0.3, -0.25) is 4.79 Å². The van der Waals surface area contributed by atoms with E-state index < -0.39 is 0 Å². The molecule has 0 aromatic heterocycles. The van der Waals surface area contributed by atoms with Crippen LogP contribution in [0.15, 0.2) is 58.8 Å². The van der Waals surface area contributed by atoms with E-state index in [9.17, 15) is 4.79 Å². The summed E-state index contributed by atoms with van der Waals surface area (Å²) in [6.07, 6.45) is 3.97. The number of hydrogen-bond acceptors (Lipinski definition) is 6. The summed E-state index contributed by atoms with van der Waals surface area (Å²) in [6.45, 7) is 2.38. The first-order valence-electron chi connectivity index (χ1n) is 9.64. The monoisotopic (exact) mass is 395 g/mol. The van der Waals surface area contributed by atoms with Crippen molar-refractivity contribution in [2.75, 3.05) is 20.3 Å². The Hall–Kier alpha value is -3.35. The molecule has 2 aromatic carbocycles. The summed E-state index contributed by atoms with van der Waals surface area (Å²) in [7, 11) is 1.60. The Kier molecular flexibility index (Phi) is 7.22. The summed E-state index contributed by atoms with van der Waals surface area (Å²) >= 11 is 0. The molecule has 0 saturated carbocycles. The molecule has 0 atom stereocenters. The zero-order valence-corrected chi connectivity index (χ0v) is 16.7. The summed E-state index contributed by atoms with van der Waals surface area (Å²) in [6, 6.07) is 15.2. The molecular weight excluding hydrogens is 370 g/mol. The average molecular weight is 395 g/mol. The largest absolute Gasteiger partial charge is 0.493 e. The normalized spacial score (nSPS) is 13.9. The number of hydrazone groups is 1. The SMILES string of the molecule is CC/C=N/OCC(=O)N1CCCC(c2ccc(OC)c(Oc3ccccc3)c2)=N1. The maximum atomic E-state index is 12.3. The van der Waals surface area contributed by atoms with Gasteiger partial charge in [0.05, 0.1) is 12.8 Å². The molecule has 0 bridgehead atoms. The van der Waals surface area contributed by atoms with Crippen LogP contribution in [0, 0.1) is 0 Å². The molecule has 152 valence electrons. The van der Waals surface area contributed by atoms with Gasteiger partial charge in [0.25, 0.3) is 5.91 Å². The summed E-state index contributed by atoms with van der Waals surface area (Å²) in [5.41, 5.74) is 1.71. The molecule has 0 spiro atoms. The van der Waals surface area contributed by atoms with Gasteiger partial charge in [0.2, 0.25) is 0 Å². The molecule has 1 heterocycles. The molecule has 1 aliphatic heterocycles. The molecule has 1 aliphatic rings. The molecule has 0 saturated heterocycles. The van der Waals surface area contributed by atoms with Crippen molar-refractivity contribution in [2.24, 2.45) is 10.3 Å². The third kappa shape index (κ3) is 5.57. The van der Waals surface area contributed by atoms with Gasteiger partial charge in [-0.1, -0.05) is 30.3 Å². The summed E-state index contributed by atoms with van der Waals surface area (Å²) in [5, 5.41) is 9.69. The standard InChI is InChI=1S/C22H25N3O4/c1-3-13-23-28-16-22(26)25-14-7-10-19(24-25)17-11-12-20(27-2)21(15-17)29-18-8-5-4-6-9-18/h4-6,8-9,11-13,15H,3,7,10,14,16H2,1-2H3/b23-13+. The first-order chi connectivity index (χ1) is 14.2. The van der Waals surface area contributed by atoms with E-state index >= 15 is 0 Å². The van der Waals surface area contributed by atoms with Gasteiger partial charge in [0.15, 0.2) is 18.1 Å². The molecule has 0 fully saturated rings. The van der Waals surface area contributed by atoms with Crippen LogP contribution >= 0.6 is 0 Å². The van der Waals surface area contributed by atoms with Crippen LogP contribution in [0.1, 0.15) is 31.7 Å². The molecule has 3 rings (SSSR count). The number of amides is 1. The lowest BCUT2D eigenvalue weighted by atomic mass is 10.0. The number of rotatable bonds is 8. The number of benzene rings is 2. The number of methoxy groups -OCH3 is 1. The average Bonchev–Trinajstić information content (AvgIpc) is 2.77. The van der Waals surface area contributed by atoms with Crippen LogP contribution < -0.4 is 9.47 Å². The van der Waals surface area contributed by atoms with E-state index in [1.807, 2.05) is 55.5 Å². The lowest BCUT2D eigenvalue weighted by Crippen LogP contribution is -2.34. The molecule has 0 aliphatic carbocycles. The number of ether oxygens (including phenoxy) is 2. The van der Waals surface area contributed by atoms with E-state index in [0.717, 1.165) is 36.3 Å². The Balaban J connectivity index is 1.78. The molecule has 1 amide bonds. The maximum absolute atomic E-state index is 12.3. The Labute approximate surface area is 170 Å². The third-order valence-electron chi connectivity index (χ3n) is 4.30. The minimum atomic E-state index is -0.218. The van der Waals surface area contributed by atoms with Crippen molar-refractivity contribution >= 4 is 17.8 Å². The van der Waals surface area contributed by atoms with E-state index in [4.69, 9.17) is 14.3 Å². The highest BCUT2D eigenvalue weighted by Gasteiger charge is 2.21. The third-order valence-corrected chi connectivity index (χ3v) is 4.30. The van der Waals surface area contributed by atoms with E-state index in [1.165, 1.54) is 5.01 Å². The van der Waals surface area contributed by atoms with Gasteiger partial charge in [-0.15, -0.1) is 0 Å². The van der Waals surface area contributed by atoms with Gasteiger partial charge in [0, 0.05) is 18.3 Å². The molecule has 7 nitrogen and oxygen atoms in total. The van der Waals surface area contributed by atoms with Crippen molar-refractivity contribution in [3.05, 3.63) is 54.1 Å². The van der Waals surface area contributed by atoms with Crippen LogP contribution in [0.5, 0.6) is 17.2 Å². The molecule has 7 heteroatoms. The zero-order chi connectivity index (χ0) is 20.5. The number of para-hydroxylation sites is 1. The van der Waals surface area contributed by atoms with Crippen molar-refractivity contribution in [3.8, 4) is 17.2 Å². The van der Waals surface area contributed by atoms with E-state index in [2.05, 4.69) is 10.3 Å². The topological polar surface area (TPSA) is 72.7 Å². The van der Waals surface area contributed by atoms with Gasteiger partial charge >= 0.3 is 0 Å². The van der Waals surface area contributed by atoms with Gasteiger partial charge in [-0.25, -0.2) is 5.01 Å². The van der Waals surface area contributed by atoms with Crippen LogP contribution in [0.25, 0.3) is 0 Å². The number of hydrogen-bond donors (Lipinski definition) is 0. The van der Waals surface area contributed by atoms with E-state index in [1.54, 1.807) is 13.3 Å². The fraction of sp³-hybridized carbons (Fsp3) is 0.318. The lowest BCUT2D eigenvalue weighted by Gasteiger charge is -2.23. The highest BCUT2D eigenvalue weighted by molar-refractivity contribution is 6.02. The fourth-order valence-corrected chi connectivity index (χ4v) is 2.87. The van der Waals surface area contributed by atoms with Crippen LogP contribution in [0.3, 0.4) is 0 Å². The second-order valence-electron chi connectivity index (χ2n) is 6.42. The first kappa shape index (κ1) is 20.4. The summed E-state index contributed by atoms with van der Waals surface area (Å²) in [5.74, 6) is 1.73. The van der Waals surface area contributed by atoms with Crippen LogP contribution in [-0.4, -0.2) is 43.1 Å². The highest BCUT2D eigenvalue weighted by atomic mass is 16.6. The van der Waals surface area contributed by atoms with E-state index in [0.29, 0.717) is 18.0 Å². The molecule has 0 radical (unpaired) electrons. The van der Waals surface area contributed by atoms with Gasteiger partial charge in [-0.05, 0) is 49.6 Å². The number of carbonyl (C=O) groups excluding carboxylic acids is 1. The lowest BCUT2D eigenvalue weighted by molar-refractivity contribution is -0.136. The van der Waals surface area contributed by atoms with Crippen LogP contribution in [0.2, 0.25) is 0 Å². The quantitative estimate of drug-likeness (QED) is 0.495. The number of nitrogens with zero attached hydrogens (tertiary/aromatic N) is 3. The molecule has 0 unspecified atom stereocenters. The van der Waals surface area contributed by atoms with Crippen LogP contribution in [-0.2, 0) is 9.63 Å². The predicted octanol–water partition coefficient (Wildman–Crippen LogP) is 4.23. The Morgan fingerprint density at radius 1 is 1.21 bits per heavy atom.